The van der Waals surface area contributed by atoms with Crippen LogP contribution in [0, 0.1) is 13.8 Å². The van der Waals surface area contributed by atoms with Crippen molar-refractivity contribution in [2.75, 3.05) is 24.5 Å². The Kier molecular flexibility index (Phi) is 5.91. The minimum Gasteiger partial charge on any atom is -0.369 e. The molecule has 1 aromatic carbocycles. The van der Waals surface area contributed by atoms with Gasteiger partial charge in [-0.15, -0.1) is 11.3 Å². The molecule has 0 aliphatic carbocycles. The lowest BCUT2D eigenvalue weighted by atomic mass is 10.2. The van der Waals surface area contributed by atoms with Crippen LogP contribution in [0.15, 0.2) is 34.8 Å². The SMILES string of the molecule is CCNC(=NCc1scnc1C)NC1CCN(c2ccc(C)cc2)C1. The predicted octanol–water partition coefficient (Wildman–Crippen LogP) is 3.09. The van der Waals surface area contributed by atoms with Crippen molar-refractivity contribution >= 4 is 23.0 Å². The second-order valence-corrected chi connectivity index (χ2v) is 7.41. The maximum Gasteiger partial charge on any atom is 0.191 e. The third-order valence-electron chi connectivity index (χ3n) is 4.50. The number of aromatic nitrogens is 1. The average molecular weight is 358 g/mol. The molecule has 1 fully saturated rings. The number of benzene rings is 1. The Bertz CT molecular complexity index is 707. The molecule has 6 heteroatoms. The summed E-state index contributed by atoms with van der Waals surface area (Å²) in [5.74, 6) is 0.894. The molecular weight excluding hydrogens is 330 g/mol. The highest BCUT2D eigenvalue weighted by molar-refractivity contribution is 7.09. The lowest BCUT2D eigenvalue weighted by Crippen LogP contribution is -2.44. The highest BCUT2D eigenvalue weighted by atomic mass is 32.1. The second kappa shape index (κ2) is 8.34. The molecule has 0 spiro atoms. The van der Waals surface area contributed by atoms with Crippen LogP contribution in [0.4, 0.5) is 5.69 Å². The standard InChI is InChI=1S/C19H27N5S/c1-4-20-19(21-11-18-15(3)22-13-25-18)23-16-9-10-24(12-16)17-7-5-14(2)6-8-17/h5-8,13,16H,4,9-12H2,1-3H3,(H2,20,21,23). The summed E-state index contributed by atoms with van der Waals surface area (Å²) < 4.78 is 0. The van der Waals surface area contributed by atoms with Gasteiger partial charge in [0.1, 0.15) is 0 Å². The van der Waals surface area contributed by atoms with Crippen LogP contribution in [0.2, 0.25) is 0 Å². The Labute approximate surface area is 154 Å². The van der Waals surface area contributed by atoms with Gasteiger partial charge in [-0.05, 0) is 39.3 Å². The largest absolute Gasteiger partial charge is 0.369 e. The van der Waals surface area contributed by atoms with Gasteiger partial charge in [0, 0.05) is 36.2 Å². The Morgan fingerprint density at radius 3 is 2.80 bits per heavy atom. The van der Waals surface area contributed by atoms with E-state index in [1.54, 1.807) is 11.3 Å². The Morgan fingerprint density at radius 1 is 1.32 bits per heavy atom. The van der Waals surface area contributed by atoms with E-state index >= 15 is 0 Å². The first kappa shape index (κ1) is 17.7. The number of guanidine groups is 1. The predicted molar refractivity (Wildman–Crippen MR) is 107 cm³/mol. The highest BCUT2D eigenvalue weighted by Crippen LogP contribution is 2.20. The van der Waals surface area contributed by atoms with Crippen molar-refractivity contribution in [1.82, 2.24) is 15.6 Å². The van der Waals surface area contributed by atoms with Crippen molar-refractivity contribution in [3.05, 3.63) is 45.9 Å². The quantitative estimate of drug-likeness (QED) is 0.638. The summed E-state index contributed by atoms with van der Waals surface area (Å²) in [4.78, 5) is 12.7. The zero-order chi connectivity index (χ0) is 17.6. The van der Waals surface area contributed by atoms with Crippen LogP contribution < -0.4 is 15.5 Å². The third kappa shape index (κ3) is 4.72. The molecule has 1 saturated heterocycles. The highest BCUT2D eigenvalue weighted by Gasteiger charge is 2.23. The molecule has 0 amide bonds. The van der Waals surface area contributed by atoms with E-state index in [1.165, 1.54) is 16.1 Å². The Balaban J connectivity index is 1.59. The summed E-state index contributed by atoms with van der Waals surface area (Å²) >= 11 is 1.67. The molecule has 2 heterocycles. The molecule has 1 aliphatic rings. The first-order chi connectivity index (χ1) is 12.2. The number of anilines is 1. The van der Waals surface area contributed by atoms with Crippen LogP contribution in [0.25, 0.3) is 0 Å². The molecule has 5 nitrogen and oxygen atoms in total. The van der Waals surface area contributed by atoms with Gasteiger partial charge >= 0.3 is 0 Å². The number of aliphatic imine (C=N–C) groups is 1. The summed E-state index contributed by atoms with van der Waals surface area (Å²) in [6.45, 7) is 9.89. The molecule has 134 valence electrons. The topological polar surface area (TPSA) is 52.6 Å². The molecule has 1 aliphatic heterocycles. The van der Waals surface area contributed by atoms with E-state index in [0.717, 1.165) is 37.7 Å². The van der Waals surface area contributed by atoms with Crippen molar-refractivity contribution < 1.29 is 0 Å². The summed E-state index contributed by atoms with van der Waals surface area (Å²) in [5.41, 5.74) is 5.57. The van der Waals surface area contributed by atoms with Crippen LogP contribution in [0.1, 0.15) is 29.5 Å². The minimum atomic E-state index is 0.418. The van der Waals surface area contributed by atoms with Crippen LogP contribution in [0.5, 0.6) is 0 Å². The van der Waals surface area contributed by atoms with Crippen molar-refractivity contribution in [3.63, 3.8) is 0 Å². The van der Waals surface area contributed by atoms with E-state index in [1.807, 2.05) is 12.4 Å². The van der Waals surface area contributed by atoms with Gasteiger partial charge in [-0.2, -0.15) is 0 Å². The second-order valence-electron chi connectivity index (χ2n) is 6.47. The van der Waals surface area contributed by atoms with Crippen LogP contribution in [-0.4, -0.2) is 36.6 Å². The van der Waals surface area contributed by atoms with Gasteiger partial charge < -0.3 is 15.5 Å². The maximum absolute atomic E-state index is 4.74. The number of thiazole rings is 1. The molecule has 1 atom stereocenters. The summed E-state index contributed by atoms with van der Waals surface area (Å²) in [6, 6.07) is 9.20. The zero-order valence-electron chi connectivity index (χ0n) is 15.2. The fraction of sp³-hybridized carbons (Fsp3) is 0.474. The van der Waals surface area contributed by atoms with Crippen molar-refractivity contribution in [3.8, 4) is 0 Å². The number of hydrogen-bond acceptors (Lipinski definition) is 4. The molecule has 0 radical (unpaired) electrons. The number of rotatable bonds is 5. The number of hydrogen-bond donors (Lipinski definition) is 2. The number of nitrogens with zero attached hydrogens (tertiary/aromatic N) is 3. The maximum atomic E-state index is 4.74. The number of aryl methyl sites for hydroxylation is 2. The van der Waals surface area contributed by atoms with Gasteiger partial charge in [0.15, 0.2) is 5.96 Å². The van der Waals surface area contributed by atoms with E-state index in [2.05, 4.69) is 58.6 Å². The van der Waals surface area contributed by atoms with Gasteiger partial charge in [0.25, 0.3) is 0 Å². The molecule has 1 unspecified atom stereocenters. The van der Waals surface area contributed by atoms with Crippen LogP contribution in [0.3, 0.4) is 0 Å². The van der Waals surface area contributed by atoms with Gasteiger partial charge in [-0.3, -0.25) is 0 Å². The first-order valence-corrected chi connectivity index (χ1v) is 9.79. The average Bonchev–Trinajstić information content (AvgIpc) is 3.23. The lowest BCUT2D eigenvalue weighted by Gasteiger charge is -2.20. The molecular formula is C19H27N5S. The van der Waals surface area contributed by atoms with E-state index in [-0.39, 0.29) is 0 Å². The minimum absolute atomic E-state index is 0.418. The number of nitrogens with one attached hydrogen (secondary N) is 2. The lowest BCUT2D eigenvalue weighted by molar-refractivity contribution is 0.649. The van der Waals surface area contributed by atoms with E-state index in [9.17, 15) is 0 Å². The molecule has 1 aromatic heterocycles. The third-order valence-corrected chi connectivity index (χ3v) is 5.42. The van der Waals surface area contributed by atoms with Crippen LogP contribution in [-0.2, 0) is 6.54 Å². The van der Waals surface area contributed by atoms with Gasteiger partial charge in [-0.25, -0.2) is 9.98 Å². The molecule has 3 rings (SSSR count). The van der Waals surface area contributed by atoms with E-state index < -0.39 is 0 Å². The molecule has 2 N–H and O–H groups in total. The summed E-state index contributed by atoms with van der Waals surface area (Å²) in [6.07, 6.45) is 1.12. The Morgan fingerprint density at radius 2 is 2.12 bits per heavy atom. The smallest absolute Gasteiger partial charge is 0.191 e. The molecule has 2 aromatic rings. The van der Waals surface area contributed by atoms with E-state index in [4.69, 9.17) is 4.99 Å². The summed E-state index contributed by atoms with van der Waals surface area (Å²) in [7, 11) is 0. The monoisotopic (exact) mass is 357 g/mol. The van der Waals surface area contributed by atoms with Gasteiger partial charge in [0.2, 0.25) is 0 Å². The van der Waals surface area contributed by atoms with Crippen molar-refractivity contribution in [2.45, 2.75) is 39.8 Å². The molecule has 0 saturated carbocycles. The molecule has 0 bridgehead atoms. The van der Waals surface area contributed by atoms with Crippen LogP contribution >= 0.6 is 11.3 Å². The fourth-order valence-corrected chi connectivity index (χ4v) is 3.71. The Hall–Kier alpha value is -2.08. The zero-order valence-corrected chi connectivity index (χ0v) is 16.1. The molecule has 25 heavy (non-hydrogen) atoms. The normalized spacial score (nSPS) is 17.8. The fourth-order valence-electron chi connectivity index (χ4n) is 3.01. The van der Waals surface area contributed by atoms with Gasteiger partial charge in [0.05, 0.1) is 17.7 Å². The summed E-state index contributed by atoms with van der Waals surface area (Å²) in [5, 5.41) is 6.95. The van der Waals surface area contributed by atoms with Crippen molar-refractivity contribution in [2.24, 2.45) is 4.99 Å². The van der Waals surface area contributed by atoms with E-state index in [0.29, 0.717) is 12.6 Å². The van der Waals surface area contributed by atoms with Crippen molar-refractivity contribution in [1.29, 1.82) is 0 Å². The first-order valence-electron chi connectivity index (χ1n) is 8.91. The van der Waals surface area contributed by atoms with Gasteiger partial charge in [-0.1, -0.05) is 17.7 Å².